The van der Waals surface area contributed by atoms with Gasteiger partial charge in [0, 0.05) is 6.54 Å². The summed E-state index contributed by atoms with van der Waals surface area (Å²) in [7, 11) is 0. The molecule has 1 heterocycles. The molecule has 0 fully saturated rings. The topological polar surface area (TPSA) is 41.6 Å². The molecular formula is C14H19N3. The van der Waals surface area contributed by atoms with E-state index in [0.29, 0.717) is 5.96 Å². The smallest absolute Gasteiger partial charge is 0.192 e. The van der Waals surface area contributed by atoms with Crippen LogP contribution in [-0.2, 0) is 0 Å². The van der Waals surface area contributed by atoms with Gasteiger partial charge in [-0.2, -0.15) is 0 Å². The molecule has 0 saturated heterocycles. The Morgan fingerprint density at radius 2 is 2.29 bits per heavy atom. The van der Waals surface area contributed by atoms with Gasteiger partial charge in [0.15, 0.2) is 5.96 Å². The van der Waals surface area contributed by atoms with Crippen LogP contribution in [0.5, 0.6) is 0 Å². The second-order valence-electron chi connectivity index (χ2n) is 4.44. The van der Waals surface area contributed by atoms with Crippen molar-refractivity contribution in [2.75, 3.05) is 13.1 Å². The zero-order valence-electron chi connectivity index (χ0n) is 10.5. The zero-order chi connectivity index (χ0) is 12.4. The van der Waals surface area contributed by atoms with E-state index >= 15 is 0 Å². The van der Waals surface area contributed by atoms with Gasteiger partial charge in [0.05, 0.1) is 12.6 Å². The lowest BCUT2D eigenvalue weighted by Gasteiger charge is -2.26. The van der Waals surface area contributed by atoms with Crippen LogP contribution in [-0.4, -0.2) is 23.9 Å². The summed E-state index contributed by atoms with van der Waals surface area (Å²) in [6.45, 7) is 9.55. The van der Waals surface area contributed by atoms with E-state index in [9.17, 15) is 0 Å². The standard InChI is InChI=1S/C14H19N3/c1-4-8-17-13(9-16-14(17)15)12-7-5-6-10(2)11(12)3/h4-7,13H,1,8-9H2,2-3H3,(H2,15,16). The Morgan fingerprint density at radius 3 is 3.00 bits per heavy atom. The average molecular weight is 229 g/mol. The molecule has 3 heteroatoms. The van der Waals surface area contributed by atoms with E-state index in [1.54, 1.807) is 0 Å². The van der Waals surface area contributed by atoms with E-state index in [1.807, 2.05) is 6.08 Å². The minimum absolute atomic E-state index is 0.257. The fraction of sp³-hybridized carbons (Fsp3) is 0.357. The van der Waals surface area contributed by atoms with Crippen molar-refractivity contribution >= 4 is 5.96 Å². The lowest BCUT2D eigenvalue weighted by atomic mass is 9.97. The fourth-order valence-corrected chi connectivity index (χ4v) is 2.29. The van der Waals surface area contributed by atoms with Crippen molar-refractivity contribution in [2.45, 2.75) is 19.9 Å². The predicted molar refractivity (Wildman–Crippen MR) is 72.0 cm³/mol. The van der Waals surface area contributed by atoms with Gasteiger partial charge in [-0.25, -0.2) is 0 Å². The number of guanidine groups is 1. The molecule has 1 aromatic carbocycles. The van der Waals surface area contributed by atoms with Gasteiger partial charge in [-0.1, -0.05) is 24.3 Å². The van der Waals surface area contributed by atoms with Crippen LogP contribution in [0.4, 0.5) is 0 Å². The first kappa shape index (κ1) is 11.7. The summed E-state index contributed by atoms with van der Waals surface area (Å²) in [6.07, 6.45) is 1.87. The van der Waals surface area contributed by atoms with Crippen LogP contribution >= 0.6 is 0 Å². The lowest BCUT2D eigenvalue weighted by Crippen LogP contribution is -2.36. The average Bonchev–Trinajstić information content (AvgIpc) is 2.66. The minimum Gasteiger partial charge on any atom is -0.370 e. The molecule has 0 aromatic heterocycles. The number of nitrogens with two attached hydrogens (primary N) is 1. The third-order valence-electron chi connectivity index (χ3n) is 3.43. The van der Waals surface area contributed by atoms with Crippen LogP contribution in [0.3, 0.4) is 0 Å². The van der Waals surface area contributed by atoms with Gasteiger partial charge in [0.1, 0.15) is 0 Å². The molecule has 1 aliphatic rings. The number of hydrogen-bond donors (Lipinski definition) is 1. The predicted octanol–water partition coefficient (Wildman–Crippen LogP) is 2.16. The van der Waals surface area contributed by atoms with Crippen molar-refractivity contribution < 1.29 is 0 Å². The number of benzene rings is 1. The molecule has 0 aliphatic carbocycles. The van der Waals surface area contributed by atoms with Gasteiger partial charge in [-0.3, -0.25) is 4.99 Å². The second-order valence-corrected chi connectivity index (χ2v) is 4.44. The summed E-state index contributed by atoms with van der Waals surface area (Å²) < 4.78 is 0. The molecule has 3 nitrogen and oxygen atoms in total. The van der Waals surface area contributed by atoms with Crippen LogP contribution < -0.4 is 5.73 Å². The van der Waals surface area contributed by atoms with Crippen molar-refractivity contribution in [1.29, 1.82) is 0 Å². The van der Waals surface area contributed by atoms with Crippen molar-refractivity contribution in [3.63, 3.8) is 0 Å². The molecule has 0 spiro atoms. The summed E-state index contributed by atoms with van der Waals surface area (Å²) in [5.74, 6) is 0.621. The molecule has 2 N–H and O–H groups in total. The van der Waals surface area contributed by atoms with Crippen LogP contribution in [0.2, 0.25) is 0 Å². The highest BCUT2D eigenvalue weighted by Crippen LogP contribution is 2.28. The van der Waals surface area contributed by atoms with E-state index in [4.69, 9.17) is 5.73 Å². The van der Waals surface area contributed by atoms with Crippen molar-refractivity contribution in [3.05, 3.63) is 47.5 Å². The summed E-state index contributed by atoms with van der Waals surface area (Å²) >= 11 is 0. The Labute approximate surface area is 103 Å². The fourth-order valence-electron chi connectivity index (χ4n) is 2.29. The maximum Gasteiger partial charge on any atom is 0.192 e. The molecule has 0 radical (unpaired) electrons. The lowest BCUT2D eigenvalue weighted by molar-refractivity contribution is 0.379. The molecule has 1 unspecified atom stereocenters. The SMILES string of the molecule is C=CCN1C(N)=NCC1c1cccc(C)c1C. The van der Waals surface area contributed by atoms with Crippen molar-refractivity contribution in [2.24, 2.45) is 10.7 Å². The third-order valence-corrected chi connectivity index (χ3v) is 3.43. The van der Waals surface area contributed by atoms with Gasteiger partial charge in [-0.15, -0.1) is 6.58 Å². The largest absolute Gasteiger partial charge is 0.370 e. The highest BCUT2D eigenvalue weighted by Gasteiger charge is 2.27. The maximum atomic E-state index is 5.91. The molecule has 0 saturated carbocycles. The highest BCUT2D eigenvalue weighted by molar-refractivity contribution is 5.80. The van der Waals surface area contributed by atoms with Gasteiger partial charge in [-0.05, 0) is 30.5 Å². The monoisotopic (exact) mass is 229 g/mol. The van der Waals surface area contributed by atoms with E-state index in [-0.39, 0.29) is 6.04 Å². The first-order chi connectivity index (χ1) is 8.15. The Bertz CT molecular complexity index is 463. The van der Waals surface area contributed by atoms with E-state index in [0.717, 1.165) is 13.1 Å². The number of nitrogens with zero attached hydrogens (tertiary/aromatic N) is 2. The molecular weight excluding hydrogens is 210 g/mol. The molecule has 0 bridgehead atoms. The van der Waals surface area contributed by atoms with Crippen LogP contribution in [0.25, 0.3) is 0 Å². The molecule has 0 amide bonds. The Balaban J connectivity index is 2.34. The maximum absolute atomic E-state index is 5.91. The van der Waals surface area contributed by atoms with Crippen LogP contribution in [0.15, 0.2) is 35.8 Å². The molecule has 17 heavy (non-hydrogen) atoms. The van der Waals surface area contributed by atoms with E-state index < -0.39 is 0 Å². The van der Waals surface area contributed by atoms with E-state index in [2.05, 4.69) is 48.5 Å². The second kappa shape index (κ2) is 4.62. The Morgan fingerprint density at radius 1 is 1.53 bits per heavy atom. The van der Waals surface area contributed by atoms with Gasteiger partial charge in [0.2, 0.25) is 0 Å². The number of aliphatic imine (C=N–C) groups is 1. The third kappa shape index (κ3) is 2.05. The molecule has 2 rings (SSSR count). The summed E-state index contributed by atoms with van der Waals surface area (Å²) in [4.78, 5) is 6.44. The van der Waals surface area contributed by atoms with Crippen LogP contribution in [0.1, 0.15) is 22.7 Å². The quantitative estimate of drug-likeness (QED) is 0.807. The number of hydrogen-bond acceptors (Lipinski definition) is 3. The molecule has 1 aromatic rings. The first-order valence-corrected chi connectivity index (χ1v) is 5.88. The first-order valence-electron chi connectivity index (χ1n) is 5.88. The summed E-state index contributed by atoms with van der Waals surface area (Å²) in [5, 5.41) is 0. The zero-order valence-corrected chi connectivity index (χ0v) is 10.5. The summed E-state index contributed by atoms with van der Waals surface area (Å²) in [6, 6.07) is 6.65. The van der Waals surface area contributed by atoms with Gasteiger partial charge >= 0.3 is 0 Å². The Hall–Kier alpha value is -1.77. The normalized spacial score (nSPS) is 19.3. The number of aryl methyl sites for hydroxylation is 1. The van der Waals surface area contributed by atoms with Crippen LogP contribution in [0, 0.1) is 13.8 Å². The van der Waals surface area contributed by atoms with E-state index in [1.165, 1.54) is 16.7 Å². The molecule has 1 aliphatic heterocycles. The minimum atomic E-state index is 0.257. The highest BCUT2D eigenvalue weighted by atomic mass is 15.3. The van der Waals surface area contributed by atoms with Gasteiger partial charge < -0.3 is 10.6 Å². The summed E-state index contributed by atoms with van der Waals surface area (Å²) in [5.41, 5.74) is 9.87. The Kier molecular flexibility index (Phi) is 3.18. The number of rotatable bonds is 3. The van der Waals surface area contributed by atoms with Gasteiger partial charge in [0.25, 0.3) is 0 Å². The molecule has 1 atom stereocenters. The molecule has 90 valence electrons. The van der Waals surface area contributed by atoms with Crippen molar-refractivity contribution in [1.82, 2.24) is 4.90 Å². The van der Waals surface area contributed by atoms with Crippen molar-refractivity contribution in [3.8, 4) is 0 Å².